The molecule has 1 saturated heterocycles. The third-order valence-corrected chi connectivity index (χ3v) is 5.49. The molecule has 1 aromatic heterocycles. The van der Waals surface area contributed by atoms with E-state index in [2.05, 4.69) is 10.3 Å². The van der Waals surface area contributed by atoms with Crippen LogP contribution in [0.2, 0.25) is 0 Å². The molecule has 2 atom stereocenters. The second kappa shape index (κ2) is 8.49. The molecular weight excluding hydrogens is 366 g/mol. The molecule has 3 aromatic rings. The molecule has 2 aromatic carbocycles. The Kier molecular flexibility index (Phi) is 5.62. The number of hydrogen-bond acceptors (Lipinski definition) is 3. The van der Waals surface area contributed by atoms with Gasteiger partial charge in [0.05, 0.1) is 12.0 Å². The van der Waals surface area contributed by atoms with Crippen LogP contribution < -0.4 is 5.32 Å². The number of benzene rings is 2. The van der Waals surface area contributed by atoms with Gasteiger partial charge in [-0.3, -0.25) is 9.59 Å². The maximum atomic E-state index is 12.9. The Morgan fingerprint density at radius 1 is 1.14 bits per heavy atom. The minimum Gasteiger partial charge on any atom is -0.387 e. The standard InChI is InChI=1S/C23H25N3O3/c27-21(16-7-2-1-3-8-16)14-24-22(28)18-10-6-12-26(15-18)23(29)20-13-17-9-4-5-11-19(17)25-20/h1-5,7-9,11,13,18,21,25,27H,6,10,12,14-15H2,(H,24,28)/t18-,21+/m0/s1. The number of carbonyl (C=O) groups excluding carboxylic acids is 2. The number of aliphatic hydroxyl groups is 1. The van der Waals surface area contributed by atoms with Crippen LogP contribution in [0.3, 0.4) is 0 Å². The first-order valence-electron chi connectivity index (χ1n) is 9.99. The van der Waals surface area contributed by atoms with Crippen molar-refractivity contribution in [2.24, 2.45) is 5.92 Å². The lowest BCUT2D eigenvalue weighted by Gasteiger charge is -2.32. The summed E-state index contributed by atoms with van der Waals surface area (Å²) >= 11 is 0. The molecular formula is C23H25N3O3. The Morgan fingerprint density at radius 3 is 2.69 bits per heavy atom. The smallest absolute Gasteiger partial charge is 0.270 e. The summed E-state index contributed by atoms with van der Waals surface area (Å²) in [5.41, 5.74) is 2.25. The maximum absolute atomic E-state index is 12.9. The number of H-pyrrole nitrogens is 1. The number of nitrogens with zero attached hydrogens (tertiary/aromatic N) is 1. The first-order chi connectivity index (χ1) is 14.1. The van der Waals surface area contributed by atoms with Crippen LogP contribution in [0.25, 0.3) is 10.9 Å². The summed E-state index contributed by atoms with van der Waals surface area (Å²) in [7, 11) is 0. The Hall–Kier alpha value is -3.12. The Bertz CT molecular complexity index is 966. The Morgan fingerprint density at radius 2 is 1.90 bits per heavy atom. The van der Waals surface area contributed by atoms with Crippen LogP contribution >= 0.6 is 0 Å². The van der Waals surface area contributed by atoms with Gasteiger partial charge in [0, 0.05) is 30.5 Å². The fourth-order valence-corrected chi connectivity index (χ4v) is 3.87. The third kappa shape index (κ3) is 4.32. The zero-order chi connectivity index (χ0) is 20.2. The molecule has 2 heterocycles. The van der Waals surface area contributed by atoms with Gasteiger partial charge in [-0.15, -0.1) is 0 Å². The van der Waals surface area contributed by atoms with Crippen molar-refractivity contribution in [1.82, 2.24) is 15.2 Å². The van der Waals surface area contributed by atoms with Gasteiger partial charge < -0.3 is 20.3 Å². The van der Waals surface area contributed by atoms with Crippen LogP contribution in [-0.2, 0) is 4.79 Å². The molecule has 0 saturated carbocycles. The molecule has 6 nitrogen and oxygen atoms in total. The third-order valence-electron chi connectivity index (χ3n) is 5.49. The molecule has 150 valence electrons. The quantitative estimate of drug-likeness (QED) is 0.625. The molecule has 4 rings (SSSR count). The highest BCUT2D eigenvalue weighted by molar-refractivity contribution is 5.98. The van der Waals surface area contributed by atoms with Crippen LogP contribution in [0.1, 0.15) is 35.0 Å². The van der Waals surface area contributed by atoms with Crippen LogP contribution in [0, 0.1) is 5.92 Å². The molecule has 1 fully saturated rings. The van der Waals surface area contributed by atoms with Gasteiger partial charge in [0.2, 0.25) is 5.91 Å². The van der Waals surface area contributed by atoms with Crippen LogP contribution in [0.5, 0.6) is 0 Å². The van der Waals surface area contributed by atoms with E-state index in [1.54, 1.807) is 4.90 Å². The number of aromatic amines is 1. The molecule has 0 spiro atoms. The van der Waals surface area contributed by atoms with E-state index in [0.717, 1.165) is 29.3 Å². The highest BCUT2D eigenvalue weighted by Gasteiger charge is 2.29. The van der Waals surface area contributed by atoms with Crippen molar-refractivity contribution in [3.05, 3.63) is 71.9 Å². The van der Waals surface area contributed by atoms with Gasteiger partial charge in [0.15, 0.2) is 0 Å². The van der Waals surface area contributed by atoms with E-state index in [0.29, 0.717) is 18.8 Å². The number of hydrogen-bond donors (Lipinski definition) is 3. The first-order valence-corrected chi connectivity index (χ1v) is 9.99. The summed E-state index contributed by atoms with van der Waals surface area (Å²) in [5, 5.41) is 14.1. The van der Waals surface area contributed by atoms with Gasteiger partial charge in [0.1, 0.15) is 5.69 Å². The molecule has 0 radical (unpaired) electrons. The van der Waals surface area contributed by atoms with E-state index in [1.165, 1.54) is 0 Å². The minimum atomic E-state index is -0.743. The molecule has 0 bridgehead atoms. The summed E-state index contributed by atoms with van der Waals surface area (Å²) < 4.78 is 0. The van der Waals surface area contributed by atoms with Crippen molar-refractivity contribution >= 4 is 22.7 Å². The van der Waals surface area contributed by atoms with Crippen molar-refractivity contribution in [2.75, 3.05) is 19.6 Å². The number of aromatic nitrogens is 1. The molecule has 2 amide bonds. The van der Waals surface area contributed by atoms with Gasteiger partial charge in [-0.2, -0.15) is 0 Å². The zero-order valence-corrected chi connectivity index (χ0v) is 16.2. The number of para-hydroxylation sites is 1. The SMILES string of the molecule is O=C(NC[C@@H](O)c1ccccc1)[C@H]1CCCN(C(=O)c2cc3ccccc3[nH]2)C1. The highest BCUT2D eigenvalue weighted by atomic mass is 16.3. The molecule has 29 heavy (non-hydrogen) atoms. The maximum Gasteiger partial charge on any atom is 0.270 e. The summed E-state index contributed by atoms with van der Waals surface area (Å²) in [6, 6.07) is 18.9. The minimum absolute atomic E-state index is 0.0805. The summed E-state index contributed by atoms with van der Waals surface area (Å²) in [5.74, 6) is -0.461. The molecule has 1 aliphatic rings. The summed E-state index contributed by atoms with van der Waals surface area (Å²) in [6.45, 7) is 1.20. The van der Waals surface area contributed by atoms with E-state index in [-0.39, 0.29) is 24.3 Å². The van der Waals surface area contributed by atoms with E-state index < -0.39 is 6.10 Å². The highest BCUT2D eigenvalue weighted by Crippen LogP contribution is 2.21. The zero-order valence-electron chi connectivity index (χ0n) is 16.2. The number of carbonyl (C=O) groups is 2. The molecule has 1 aliphatic heterocycles. The summed E-state index contributed by atoms with van der Waals surface area (Å²) in [4.78, 5) is 30.4. The topological polar surface area (TPSA) is 85.4 Å². The van der Waals surface area contributed by atoms with Crippen molar-refractivity contribution in [3.63, 3.8) is 0 Å². The predicted octanol–water partition coefficient (Wildman–Crippen LogP) is 2.87. The monoisotopic (exact) mass is 391 g/mol. The molecule has 0 aliphatic carbocycles. The van der Waals surface area contributed by atoms with Crippen molar-refractivity contribution in [1.29, 1.82) is 0 Å². The van der Waals surface area contributed by atoms with Crippen LogP contribution in [0.15, 0.2) is 60.7 Å². The van der Waals surface area contributed by atoms with Crippen molar-refractivity contribution in [3.8, 4) is 0 Å². The fraction of sp³-hybridized carbons (Fsp3) is 0.304. The second-order valence-electron chi connectivity index (χ2n) is 7.53. The largest absolute Gasteiger partial charge is 0.387 e. The lowest BCUT2D eigenvalue weighted by molar-refractivity contribution is -0.126. The van der Waals surface area contributed by atoms with E-state index in [1.807, 2.05) is 60.7 Å². The van der Waals surface area contributed by atoms with Crippen molar-refractivity contribution < 1.29 is 14.7 Å². The Labute approximate surface area is 169 Å². The van der Waals surface area contributed by atoms with Gasteiger partial charge in [-0.1, -0.05) is 48.5 Å². The first kappa shape index (κ1) is 19.2. The average Bonchev–Trinajstić information content (AvgIpc) is 3.21. The number of nitrogens with one attached hydrogen (secondary N) is 2. The van der Waals surface area contributed by atoms with Gasteiger partial charge >= 0.3 is 0 Å². The molecule has 3 N–H and O–H groups in total. The van der Waals surface area contributed by atoms with E-state index in [4.69, 9.17) is 0 Å². The van der Waals surface area contributed by atoms with Gasteiger partial charge in [0.25, 0.3) is 5.91 Å². The fourth-order valence-electron chi connectivity index (χ4n) is 3.87. The van der Waals surface area contributed by atoms with Gasteiger partial charge in [-0.25, -0.2) is 0 Å². The Balaban J connectivity index is 1.36. The lowest BCUT2D eigenvalue weighted by Crippen LogP contribution is -2.46. The number of amides is 2. The molecule has 6 heteroatoms. The van der Waals surface area contributed by atoms with E-state index in [9.17, 15) is 14.7 Å². The number of piperidine rings is 1. The number of rotatable bonds is 5. The van der Waals surface area contributed by atoms with Gasteiger partial charge in [-0.05, 0) is 30.5 Å². The number of likely N-dealkylation sites (tertiary alicyclic amines) is 1. The lowest BCUT2D eigenvalue weighted by atomic mass is 9.96. The second-order valence-corrected chi connectivity index (χ2v) is 7.53. The normalized spacial score (nSPS) is 17.8. The number of fused-ring (bicyclic) bond motifs is 1. The predicted molar refractivity (Wildman–Crippen MR) is 111 cm³/mol. The van der Waals surface area contributed by atoms with Crippen LogP contribution in [0.4, 0.5) is 0 Å². The average molecular weight is 391 g/mol. The van der Waals surface area contributed by atoms with E-state index >= 15 is 0 Å². The summed E-state index contributed by atoms with van der Waals surface area (Å²) in [6.07, 6.45) is 0.780. The molecule has 0 unspecified atom stereocenters. The van der Waals surface area contributed by atoms with Crippen LogP contribution in [-0.4, -0.2) is 46.4 Å². The van der Waals surface area contributed by atoms with Crippen molar-refractivity contribution in [2.45, 2.75) is 18.9 Å². The number of aliphatic hydroxyl groups excluding tert-OH is 1.